The Morgan fingerprint density at radius 1 is 1.29 bits per heavy atom. The molecule has 1 aromatic rings. The fraction of sp³-hybridized carbons (Fsp3) is 0.571. The first-order chi connectivity index (χ1) is 9.65. The van der Waals surface area contributed by atoms with Crippen LogP contribution < -0.4 is 10.0 Å². The van der Waals surface area contributed by atoms with E-state index in [2.05, 4.69) is 16.1 Å². The molecule has 1 saturated heterocycles. The molecule has 7 heteroatoms. The molecule has 1 atom stereocenters. The number of nitrogens with one attached hydrogen (secondary N) is 2. The fourth-order valence-corrected chi connectivity index (χ4v) is 4.14. The Bertz CT molecular complexity index is 573. The molecule has 0 amide bonds. The summed E-state index contributed by atoms with van der Waals surface area (Å²) in [5, 5.41) is 3.30. The average Bonchev–Trinajstić information content (AvgIpc) is 2.98. The molecule has 2 heterocycles. The summed E-state index contributed by atoms with van der Waals surface area (Å²) in [6.07, 6.45) is 2.97. The van der Waals surface area contributed by atoms with Crippen molar-refractivity contribution in [3.05, 3.63) is 35.4 Å². The lowest BCUT2D eigenvalue weighted by Crippen LogP contribution is -2.46. The van der Waals surface area contributed by atoms with Gasteiger partial charge >= 0.3 is 0 Å². The maximum Gasteiger partial charge on any atom is 0.279 e. The number of fused-ring (bicyclic) bond motifs is 1. The van der Waals surface area contributed by atoms with Gasteiger partial charge in [-0.25, -0.2) is 4.72 Å². The lowest BCUT2D eigenvalue weighted by Gasteiger charge is -2.28. The lowest BCUT2D eigenvalue weighted by molar-refractivity contribution is 0.381. The summed E-state index contributed by atoms with van der Waals surface area (Å²) in [6.45, 7) is 2.51. The van der Waals surface area contributed by atoms with Crippen molar-refractivity contribution in [3.63, 3.8) is 0 Å². The zero-order valence-electron chi connectivity index (χ0n) is 11.9. The summed E-state index contributed by atoms with van der Waals surface area (Å²) < 4.78 is 29.0. The number of halogens is 1. The first kappa shape index (κ1) is 16.7. The highest BCUT2D eigenvalue weighted by Crippen LogP contribution is 2.20. The molecule has 0 aliphatic carbocycles. The molecular formula is C14H22ClN3O2S. The number of hydrogen-bond donors (Lipinski definition) is 2. The number of hydrogen-bond acceptors (Lipinski definition) is 3. The second-order valence-electron chi connectivity index (χ2n) is 5.50. The van der Waals surface area contributed by atoms with Crippen LogP contribution >= 0.6 is 12.4 Å². The largest absolute Gasteiger partial charge is 0.313 e. The van der Waals surface area contributed by atoms with E-state index < -0.39 is 10.2 Å². The highest BCUT2D eigenvalue weighted by molar-refractivity contribution is 7.87. The summed E-state index contributed by atoms with van der Waals surface area (Å²) in [5.74, 6) is 0. The van der Waals surface area contributed by atoms with Gasteiger partial charge in [-0.15, -0.1) is 12.4 Å². The normalized spacial score (nSPS) is 22.6. The van der Waals surface area contributed by atoms with Crippen LogP contribution in [0.15, 0.2) is 24.3 Å². The van der Waals surface area contributed by atoms with Gasteiger partial charge in [0.1, 0.15) is 0 Å². The molecule has 0 unspecified atom stereocenters. The Labute approximate surface area is 132 Å². The van der Waals surface area contributed by atoms with Gasteiger partial charge in [-0.05, 0) is 36.9 Å². The van der Waals surface area contributed by atoms with E-state index in [-0.39, 0.29) is 18.4 Å². The molecule has 2 aliphatic heterocycles. The van der Waals surface area contributed by atoms with Crippen LogP contribution in [-0.4, -0.2) is 38.4 Å². The van der Waals surface area contributed by atoms with Crippen molar-refractivity contribution in [2.75, 3.05) is 19.6 Å². The Hall–Kier alpha value is -0.660. The molecule has 0 radical (unpaired) electrons. The smallest absolute Gasteiger partial charge is 0.279 e. The van der Waals surface area contributed by atoms with Crippen LogP contribution in [0.1, 0.15) is 24.0 Å². The van der Waals surface area contributed by atoms with Crippen LogP contribution in [0.2, 0.25) is 0 Å². The van der Waals surface area contributed by atoms with Gasteiger partial charge in [0.25, 0.3) is 10.2 Å². The van der Waals surface area contributed by atoms with Crippen molar-refractivity contribution in [1.82, 2.24) is 14.3 Å². The van der Waals surface area contributed by atoms with Gasteiger partial charge in [-0.1, -0.05) is 24.3 Å². The van der Waals surface area contributed by atoms with Gasteiger partial charge in [0, 0.05) is 25.7 Å². The Balaban J connectivity index is 0.00000161. The average molecular weight is 332 g/mol. The third-order valence-corrected chi connectivity index (χ3v) is 5.63. The van der Waals surface area contributed by atoms with Crippen molar-refractivity contribution in [3.8, 4) is 0 Å². The molecule has 21 heavy (non-hydrogen) atoms. The second kappa shape index (κ2) is 7.07. The van der Waals surface area contributed by atoms with Crippen LogP contribution in [-0.2, 0) is 23.2 Å². The zero-order valence-corrected chi connectivity index (χ0v) is 13.5. The van der Waals surface area contributed by atoms with Crippen LogP contribution in [0.25, 0.3) is 0 Å². The van der Waals surface area contributed by atoms with Crippen LogP contribution in [0.3, 0.4) is 0 Å². The van der Waals surface area contributed by atoms with Gasteiger partial charge in [0.05, 0.1) is 0 Å². The predicted molar refractivity (Wildman–Crippen MR) is 85.8 cm³/mol. The molecule has 1 aromatic carbocycles. The van der Waals surface area contributed by atoms with Crippen molar-refractivity contribution >= 4 is 22.6 Å². The highest BCUT2D eigenvalue weighted by atomic mass is 35.5. The van der Waals surface area contributed by atoms with E-state index in [1.54, 1.807) is 4.31 Å². The summed E-state index contributed by atoms with van der Waals surface area (Å²) in [5.41, 5.74) is 2.37. The van der Waals surface area contributed by atoms with Crippen molar-refractivity contribution in [2.24, 2.45) is 0 Å². The van der Waals surface area contributed by atoms with Crippen LogP contribution in [0.5, 0.6) is 0 Å². The molecule has 2 N–H and O–H groups in total. The summed E-state index contributed by atoms with van der Waals surface area (Å²) >= 11 is 0. The van der Waals surface area contributed by atoms with Crippen molar-refractivity contribution < 1.29 is 8.42 Å². The standard InChI is InChI=1S/C14H21N3O2S.ClH/c18-20(19,16-10-14-6-3-8-15-14)17-9-7-12-4-1-2-5-13(12)11-17;/h1-2,4-5,14-16H,3,6-11H2;1H/t14-;/m0./s1. The summed E-state index contributed by atoms with van der Waals surface area (Å²) in [6, 6.07) is 8.34. The minimum atomic E-state index is -3.37. The predicted octanol–water partition coefficient (Wildman–Crippen LogP) is 1.05. The van der Waals surface area contributed by atoms with Crippen molar-refractivity contribution in [1.29, 1.82) is 0 Å². The monoisotopic (exact) mass is 331 g/mol. The molecule has 0 spiro atoms. The molecule has 118 valence electrons. The SMILES string of the molecule is Cl.O=S(=O)(NC[C@@H]1CCCN1)N1CCc2ccccc2C1. The summed E-state index contributed by atoms with van der Waals surface area (Å²) in [7, 11) is -3.37. The maximum absolute atomic E-state index is 12.3. The third kappa shape index (κ3) is 3.96. The summed E-state index contributed by atoms with van der Waals surface area (Å²) in [4.78, 5) is 0. The first-order valence-corrected chi connectivity index (χ1v) is 8.64. The van der Waals surface area contributed by atoms with Gasteiger partial charge < -0.3 is 5.32 Å². The topological polar surface area (TPSA) is 61.4 Å². The third-order valence-electron chi connectivity index (χ3n) is 4.11. The van der Waals surface area contributed by atoms with E-state index in [1.165, 1.54) is 5.56 Å². The Kier molecular flexibility index (Phi) is 5.62. The Morgan fingerprint density at radius 3 is 2.76 bits per heavy atom. The Morgan fingerprint density at radius 2 is 2.05 bits per heavy atom. The van der Waals surface area contributed by atoms with Gasteiger partial charge in [0.2, 0.25) is 0 Å². The van der Waals surface area contributed by atoms with E-state index >= 15 is 0 Å². The zero-order chi connectivity index (χ0) is 14.0. The quantitative estimate of drug-likeness (QED) is 0.867. The van der Waals surface area contributed by atoms with E-state index in [4.69, 9.17) is 0 Å². The molecule has 5 nitrogen and oxygen atoms in total. The van der Waals surface area contributed by atoms with E-state index in [0.29, 0.717) is 19.6 Å². The minimum Gasteiger partial charge on any atom is -0.313 e. The van der Waals surface area contributed by atoms with Crippen LogP contribution in [0.4, 0.5) is 0 Å². The molecule has 0 saturated carbocycles. The highest BCUT2D eigenvalue weighted by Gasteiger charge is 2.27. The first-order valence-electron chi connectivity index (χ1n) is 7.20. The fourth-order valence-electron chi connectivity index (χ4n) is 2.90. The number of rotatable bonds is 4. The van der Waals surface area contributed by atoms with Gasteiger partial charge in [-0.2, -0.15) is 12.7 Å². The van der Waals surface area contributed by atoms with Crippen molar-refractivity contribution in [2.45, 2.75) is 31.8 Å². The van der Waals surface area contributed by atoms with Gasteiger partial charge in [-0.3, -0.25) is 0 Å². The maximum atomic E-state index is 12.3. The van der Waals surface area contributed by atoms with Gasteiger partial charge in [0.15, 0.2) is 0 Å². The molecule has 2 aliphatic rings. The molecular weight excluding hydrogens is 310 g/mol. The number of nitrogens with zero attached hydrogens (tertiary/aromatic N) is 1. The molecule has 3 rings (SSSR count). The molecule has 0 bridgehead atoms. The lowest BCUT2D eigenvalue weighted by atomic mass is 10.0. The molecule has 0 aromatic heterocycles. The van der Waals surface area contributed by atoms with Crippen LogP contribution in [0, 0.1) is 0 Å². The molecule has 1 fully saturated rings. The van der Waals surface area contributed by atoms with E-state index in [1.807, 2.05) is 18.2 Å². The second-order valence-corrected chi connectivity index (χ2v) is 7.25. The minimum absolute atomic E-state index is 0. The van der Waals surface area contributed by atoms with E-state index in [0.717, 1.165) is 31.4 Å². The van der Waals surface area contributed by atoms with E-state index in [9.17, 15) is 8.42 Å². The number of benzene rings is 1.